The first kappa shape index (κ1) is 24.1. The SMILES string of the molecule is CC(C)c1cccc(-c2ccccc2)c1-n1c(-c2ccccc2)nnc1-c1cc(-c2ccc(C#N)cc2)on1. The minimum Gasteiger partial charge on any atom is -0.356 e. The second-order valence-electron chi connectivity index (χ2n) is 9.58. The molecule has 0 spiro atoms. The molecule has 2 heterocycles. The Kier molecular flexibility index (Phi) is 6.32. The largest absolute Gasteiger partial charge is 0.356 e. The van der Waals surface area contributed by atoms with Gasteiger partial charge in [-0.2, -0.15) is 5.26 Å². The van der Waals surface area contributed by atoms with E-state index in [9.17, 15) is 0 Å². The highest BCUT2D eigenvalue weighted by atomic mass is 16.5. The molecule has 6 heteroatoms. The van der Waals surface area contributed by atoms with Gasteiger partial charge in [0.2, 0.25) is 0 Å². The first-order valence-corrected chi connectivity index (χ1v) is 12.8. The zero-order valence-corrected chi connectivity index (χ0v) is 21.6. The zero-order valence-electron chi connectivity index (χ0n) is 21.6. The van der Waals surface area contributed by atoms with Crippen LogP contribution in [0.5, 0.6) is 0 Å². The summed E-state index contributed by atoms with van der Waals surface area (Å²) in [5.74, 6) is 2.14. The van der Waals surface area contributed by atoms with Crippen molar-refractivity contribution >= 4 is 0 Å². The van der Waals surface area contributed by atoms with Gasteiger partial charge in [-0.1, -0.05) is 97.9 Å². The molecule has 2 aromatic heterocycles. The van der Waals surface area contributed by atoms with E-state index in [0.29, 0.717) is 22.8 Å². The molecule has 0 amide bonds. The fourth-order valence-corrected chi connectivity index (χ4v) is 4.79. The zero-order chi connectivity index (χ0) is 26.8. The molecule has 0 radical (unpaired) electrons. The third-order valence-electron chi connectivity index (χ3n) is 6.73. The molecule has 0 bridgehead atoms. The number of hydrogen-bond donors (Lipinski definition) is 0. The molecule has 0 saturated carbocycles. The van der Waals surface area contributed by atoms with Crippen LogP contribution in [0.25, 0.3) is 51.0 Å². The molecule has 0 unspecified atom stereocenters. The predicted molar refractivity (Wildman–Crippen MR) is 152 cm³/mol. The van der Waals surface area contributed by atoms with Gasteiger partial charge in [-0.15, -0.1) is 10.2 Å². The van der Waals surface area contributed by atoms with E-state index in [0.717, 1.165) is 33.8 Å². The Balaban J connectivity index is 1.60. The van der Waals surface area contributed by atoms with Crippen molar-refractivity contribution in [3.8, 4) is 57.1 Å². The maximum absolute atomic E-state index is 9.15. The van der Waals surface area contributed by atoms with Crippen molar-refractivity contribution < 1.29 is 4.52 Å². The van der Waals surface area contributed by atoms with Crippen LogP contribution in [0.1, 0.15) is 30.9 Å². The summed E-state index contributed by atoms with van der Waals surface area (Å²) >= 11 is 0. The number of nitriles is 1. The molecule has 0 atom stereocenters. The molecule has 0 N–H and O–H groups in total. The molecule has 188 valence electrons. The lowest BCUT2D eigenvalue weighted by Gasteiger charge is -2.21. The Hall–Kier alpha value is -5.28. The molecular weight excluding hydrogens is 482 g/mol. The Labute approximate surface area is 226 Å². The van der Waals surface area contributed by atoms with Crippen molar-refractivity contribution in [3.63, 3.8) is 0 Å². The quantitative estimate of drug-likeness (QED) is 0.229. The second-order valence-corrected chi connectivity index (χ2v) is 9.58. The van der Waals surface area contributed by atoms with Crippen LogP contribution in [0.3, 0.4) is 0 Å². The summed E-state index contributed by atoms with van der Waals surface area (Å²) in [6.45, 7) is 4.39. The van der Waals surface area contributed by atoms with Crippen LogP contribution < -0.4 is 0 Å². The van der Waals surface area contributed by atoms with Crippen LogP contribution in [-0.4, -0.2) is 19.9 Å². The lowest BCUT2D eigenvalue weighted by molar-refractivity contribution is 0.434. The standard InChI is InChI=1S/C33H25N5O/c1-22(2)27-14-9-15-28(24-10-5-3-6-11-24)31(27)38-32(26-12-7-4-8-13-26)35-36-33(38)29-20-30(39-37-29)25-18-16-23(21-34)17-19-25/h3-20,22H,1-2H3. The Morgan fingerprint density at radius 2 is 1.38 bits per heavy atom. The van der Waals surface area contributed by atoms with E-state index < -0.39 is 0 Å². The summed E-state index contributed by atoms with van der Waals surface area (Å²) in [6, 6.07) is 38.1. The van der Waals surface area contributed by atoms with Gasteiger partial charge in [0.1, 0.15) is 0 Å². The summed E-state index contributed by atoms with van der Waals surface area (Å²) in [6.07, 6.45) is 0. The van der Waals surface area contributed by atoms with Crippen LogP contribution in [0.15, 0.2) is 114 Å². The average molecular weight is 508 g/mol. The van der Waals surface area contributed by atoms with Gasteiger partial charge in [-0.25, -0.2) is 0 Å². The lowest BCUT2D eigenvalue weighted by atomic mass is 9.93. The first-order chi connectivity index (χ1) is 19.1. The first-order valence-electron chi connectivity index (χ1n) is 12.8. The van der Waals surface area contributed by atoms with Crippen molar-refractivity contribution in [1.82, 2.24) is 19.9 Å². The van der Waals surface area contributed by atoms with Crippen LogP contribution >= 0.6 is 0 Å². The molecule has 0 aliphatic carbocycles. The molecule has 0 aliphatic heterocycles. The molecule has 0 aliphatic rings. The van der Waals surface area contributed by atoms with Gasteiger partial charge in [0.25, 0.3) is 0 Å². The molecular formula is C33H25N5O. The van der Waals surface area contributed by atoms with Crippen molar-refractivity contribution in [3.05, 3.63) is 120 Å². The molecule has 39 heavy (non-hydrogen) atoms. The van der Waals surface area contributed by atoms with E-state index >= 15 is 0 Å². The van der Waals surface area contributed by atoms with Crippen molar-refractivity contribution in [1.29, 1.82) is 5.26 Å². The van der Waals surface area contributed by atoms with Gasteiger partial charge in [0, 0.05) is 22.8 Å². The van der Waals surface area contributed by atoms with Crippen molar-refractivity contribution in [2.45, 2.75) is 19.8 Å². The number of nitrogens with zero attached hydrogens (tertiary/aromatic N) is 5. The van der Waals surface area contributed by atoms with Gasteiger partial charge in [0.05, 0.1) is 17.3 Å². The third-order valence-corrected chi connectivity index (χ3v) is 6.73. The van der Waals surface area contributed by atoms with Crippen LogP contribution in [0, 0.1) is 11.3 Å². The number of benzene rings is 4. The summed E-state index contributed by atoms with van der Waals surface area (Å²) in [4.78, 5) is 0. The number of para-hydroxylation sites is 1. The number of rotatable bonds is 6. The smallest absolute Gasteiger partial charge is 0.191 e. The van der Waals surface area contributed by atoms with Crippen molar-refractivity contribution in [2.75, 3.05) is 0 Å². The van der Waals surface area contributed by atoms with E-state index in [-0.39, 0.29) is 5.92 Å². The maximum Gasteiger partial charge on any atom is 0.191 e. The highest BCUT2D eigenvalue weighted by molar-refractivity contribution is 5.79. The summed E-state index contributed by atoms with van der Waals surface area (Å²) in [7, 11) is 0. The van der Waals surface area contributed by atoms with Crippen LogP contribution in [0.4, 0.5) is 0 Å². The lowest BCUT2D eigenvalue weighted by Crippen LogP contribution is -2.07. The Morgan fingerprint density at radius 3 is 2.05 bits per heavy atom. The van der Waals surface area contributed by atoms with Crippen LogP contribution in [-0.2, 0) is 0 Å². The average Bonchev–Trinajstić information content (AvgIpc) is 3.65. The maximum atomic E-state index is 9.15. The molecule has 0 saturated heterocycles. The molecule has 4 aromatic carbocycles. The van der Waals surface area contributed by atoms with E-state index in [1.165, 1.54) is 5.56 Å². The Bertz CT molecular complexity index is 1780. The molecule has 6 nitrogen and oxygen atoms in total. The summed E-state index contributed by atoms with van der Waals surface area (Å²) in [5.41, 5.74) is 7.30. The number of hydrogen-bond acceptors (Lipinski definition) is 5. The minimum absolute atomic E-state index is 0.244. The topological polar surface area (TPSA) is 80.5 Å². The number of aromatic nitrogens is 4. The molecule has 6 rings (SSSR count). The predicted octanol–water partition coefficient (Wildman–Crippen LogP) is 7.92. The van der Waals surface area contributed by atoms with Gasteiger partial charge < -0.3 is 4.52 Å². The highest BCUT2D eigenvalue weighted by Crippen LogP contribution is 2.39. The van der Waals surface area contributed by atoms with Crippen LogP contribution in [0.2, 0.25) is 0 Å². The van der Waals surface area contributed by atoms with E-state index in [1.807, 2.05) is 66.7 Å². The minimum atomic E-state index is 0.244. The van der Waals surface area contributed by atoms with E-state index in [1.54, 1.807) is 12.1 Å². The Morgan fingerprint density at radius 1 is 0.718 bits per heavy atom. The highest BCUT2D eigenvalue weighted by Gasteiger charge is 2.25. The van der Waals surface area contributed by atoms with E-state index in [4.69, 9.17) is 9.78 Å². The van der Waals surface area contributed by atoms with E-state index in [2.05, 4.69) is 70.2 Å². The fourth-order valence-electron chi connectivity index (χ4n) is 4.79. The third kappa shape index (κ3) is 4.51. The van der Waals surface area contributed by atoms with Gasteiger partial charge in [-0.05, 0) is 41.3 Å². The second kappa shape index (κ2) is 10.2. The van der Waals surface area contributed by atoms with Gasteiger partial charge >= 0.3 is 0 Å². The molecule has 6 aromatic rings. The van der Waals surface area contributed by atoms with Gasteiger partial charge in [0.15, 0.2) is 23.1 Å². The molecule has 0 fully saturated rings. The van der Waals surface area contributed by atoms with Crippen molar-refractivity contribution in [2.24, 2.45) is 0 Å². The van der Waals surface area contributed by atoms with Gasteiger partial charge in [-0.3, -0.25) is 4.57 Å². The summed E-state index contributed by atoms with van der Waals surface area (Å²) < 4.78 is 7.87. The normalized spacial score (nSPS) is 11.0. The summed E-state index contributed by atoms with van der Waals surface area (Å²) in [5, 5.41) is 22.9. The fraction of sp³-hybridized carbons (Fsp3) is 0.0909. The monoisotopic (exact) mass is 507 g/mol.